The zero-order valence-corrected chi connectivity index (χ0v) is 18.8. The maximum absolute atomic E-state index is 12.5. The zero-order chi connectivity index (χ0) is 21.2. The second-order valence-corrected chi connectivity index (χ2v) is 11.8. The Labute approximate surface area is 174 Å². The van der Waals surface area contributed by atoms with Crippen molar-refractivity contribution in [1.82, 2.24) is 15.2 Å². The van der Waals surface area contributed by atoms with Crippen molar-refractivity contribution in [2.24, 2.45) is 0 Å². The molecule has 29 heavy (non-hydrogen) atoms. The van der Waals surface area contributed by atoms with Gasteiger partial charge in [-0.25, -0.2) is 13.4 Å². The van der Waals surface area contributed by atoms with E-state index in [4.69, 9.17) is 0 Å². The summed E-state index contributed by atoms with van der Waals surface area (Å²) < 4.78 is 24.2. The molecule has 2 heterocycles. The molecule has 1 aromatic rings. The number of nitrogens with zero attached hydrogens (tertiary/aromatic N) is 3. The summed E-state index contributed by atoms with van der Waals surface area (Å²) in [6.07, 6.45) is 6.26. The number of carbonyl (C=O) groups is 1. The molecule has 1 saturated heterocycles. The second kappa shape index (κ2) is 8.60. The number of sulfone groups is 1. The van der Waals surface area contributed by atoms with Gasteiger partial charge in [-0.2, -0.15) is 0 Å². The lowest BCUT2D eigenvalue weighted by Crippen LogP contribution is -2.54. The number of amides is 1. The Morgan fingerprint density at radius 2 is 1.76 bits per heavy atom. The first kappa shape index (κ1) is 22.0. The molecule has 1 amide bonds. The Bertz CT molecular complexity index is 803. The number of nitrogens with one attached hydrogen (secondary N) is 1. The molecule has 1 saturated carbocycles. The zero-order valence-electron chi connectivity index (χ0n) is 18.0. The molecule has 0 spiro atoms. The molecule has 3 rings (SSSR count). The highest BCUT2D eigenvalue weighted by Crippen LogP contribution is 2.25. The number of piperazine rings is 1. The summed E-state index contributed by atoms with van der Waals surface area (Å²) in [5, 5.41) is 3.31. The monoisotopic (exact) mass is 422 g/mol. The molecule has 2 aliphatic rings. The number of pyridine rings is 1. The lowest BCUT2D eigenvalue weighted by atomic mass is 10.2. The minimum Gasteiger partial charge on any atom is -0.368 e. The van der Waals surface area contributed by atoms with Gasteiger partial charge in [0, 0.05) is 32.2 Å². The summed E-state index contributed by atoms with van der Waals surface area (Å²) in [5.41, 5.74) is 0.917. The summed E-state index contributed by atoms with van der Waals surface area (Å²) >= 11 is 0. The highest BCUT2D eigenvalue weighted by molar-refractivity contribution is 7.92. The molecule has 1 atom stereocenters. The normalized spacial score (nSPS) is 20.6. The van der Waals surface area contributed by atoms with Gasteiger partial charge in [0.05, 0.1) is 22.7 Å². The van der Waals surface area contributed by atoms with E-state index in [1.807, 2.05) is 13.0 Å². The quantitative estimate of drug-likeness (QED) is 0.784. The number of anilines is 1. The molecule has 7 nitrogen and oxygen atoms in total. The van der Waals surface area contributed by atoms with Crippen LogP contribution in [0.5, 0.6) is 0 Å². The smallest absolute Gasteiger partial charge is 0.237 e. The van der Waals surface area contributed by atoms with Gasteiger partial charge in [-0.05, 0) is 52.7 Å². The predicted molar refractivity (Wildman–Crippen MR) is 115 cm³/mol. The Morgan fingerprint density at radius 3 is 2.28 bits per heavy atom. The first-order valence-corrected chi connectivity index (χ1v) is 12.1. The van der Waals surface area contributed by atoms with Crippen molar-refractivity contribution < 1.29 is 13.2 Å². The molecule has 1 unspecified atom stereocenters. The topological polar surface area (TPSA) is 82.6 Å². The van der Waals surface area contributed by atoms with E-state index in [-0.39, 0.29) is 17.0 Å². The van der Waals surface area contributed by atoms with Gasteiger partial charge in [-0.3, -0.25) is 9.69 Å². The van der Waals surface area contributed by atoms with Gasteiger partial charge in [-0.15, -0.1) is 0 Å². The van der Waals surface area contributed by atoms with Crippen molar-refractivity contribution in [2.45, 2.75) is 75.2 Å². The summed E-state index contributed by atoms with van der Waals surface area (Å²) in [4.78, 5) is 21.2. The molecule has 1 aromatic heterocycles. The third-order valence-electron chi connectivity index (χ3n) is 6.11. The van der Waals surface area contributed by atoms with Crippen LogP contribution in [0.3, 0.4) is 0 Å². The van der Waals surface area contributed by atoms with E-state index in [1.54, 1.807) is 33.0 Å². The second-order valence-electron chi connectivity index (χ2n) is 9.16. The van der Waals surface area contributed by atoms with Gasteiger partial charge in [0.15, 0.2) is 14.9 Å². The van der Waals surface area contributed by atoms with E-state index in [9.17, 15) is 13.2 Å². The Hall–Kier alpha value is -1.67. The molecular formula is C21H34N4O3S. The number of hydrogen-bond acceptors (Lipinski definition) is 6. The summed E-state index contributed by atoms with van der Waals surface area (Å²) in [7, 11) is -3.45. The van der Waals surface area contributed by atoms with Crippen LogP contribution in [0.2, 0.25) is 0 Å². The van der Waals surface area contributed by atoms with E-state index in [0.717, 1.165) is 44.7 Å². The molecule has 0 radical (unpaired) electrons. The molecule has 162 valence electrons. The maximum Gasteiger partial charge on any atom is 0.237 e. The average Bonchev–Trinajstić information content (AvgIpc) is 3.20. The van der Waals surface area contributed by atoms with Crippen LogP contribution in [0.15, 0.2) is 23.4 Å². The summed E-state index contributed by atoms with van der Waals surface area (Å²) in [6.45, 7) is 10.2. The number of carbonyl (C=O) groups excluding carboxylic acids is 1. The lowest BCUT2D eigenvalue weighted by molar-refractivity contribution is -0.126. The van der Waals surface area contributed by atoms with Crippen LogP contribution < -0.4 is 10.2 Å². The van der Waals surface area contributed by atoms with E-state index in [1.165, 1.54) is 12.8 Å². The van der Waals surface area contributed by atoms with Crippen molar-refractivity contribution in [3.8, 4) is 0 Å². The average molecular weight is 423 g/mol. The van der Waals surface area contributed by atoms with Crippen molar-refractivity contribution >= 4 is 21.4 Å². The molecule has 8 heteroatoms. The standard InChI is InChI=1S/C21H34N4O3S/c1-16(20(26)23-17-7-5-6-8-17)24-11-13-25(14-12-24)18-9-10-19(22-15-18)29(27,28)21(2,3)4/h9-10,15-17H,5-8,11-14H2,1-4H3,(H,23,26). The molecular weight excluding hydrogens is 388 g/mol. The van der Waals surface area contributed by atoms with Gasteiger partial charge >= 0.3 is 0 Å². The van der Waals surface area contributed by atoms with Crippen molar-refractivity contribution in [3.05, 3.63) is 18.3 Å². The number of rotatable bonds is 5. The Morgan fingerprint density at radius 1 is 1.14 bits per heavy atom. The summed E-state index contributed by atoms with van der Waals surface area (Å²) in [6, 6.07) is 3.65. The van der Waals surface area contributed by atoms with Crippen molar-refractivity contribution in [2.75, 3.05) is 31.1 Å². The fourth-order valence-electron chi connectivity index (χ4n) is 3.96. The lowest BCUT2D eigenvalue weighted by Gasteiger charge is -2.38. The highest BCUT2D eigenvalue weighted by Gasteiger charge is 2.32. The van der Waals surface area contributed by atoms with Crippen molar-refractivity contribution in [3.63, 3.8) is 0 Å². The SMILES string of the molecule is CC(C(=O)NC1CCCC1)N1CCN(c2ccc(S(=O)(=O)C(C)(C)C)nc2)CC1. The number of hydrogen-bond donors (Lipinski definition) is 1. The predicted octanol–water partition coefficient (Wildman–Crippen LogP) is 2.22. The molecule has 2 fully saturated rings. The maximum atomic E-state index is 12.5. The van der Waals surface area contributed by atoms with Crippen LogP contribution >= 0.6 is 0 Å². The molecule has 0 bridgehead atoms. The van der Waals surface area contributed by atoms with Gasteiger partial charge in [0.1, 0.15) is 0 Å². The fourth-order valence-corrected chi connectivity index (χ4v) is 5.02. The van der Waals surface area contributed by atoms with Gasteiger partial charge in [0.25, 0.3) is 0 Å². The van der Waals surface area contributed by atoms with Crippen LogP contribution in [0.1, 0.15) is 53.4 Å². The van der Waals surface area contributed by atoms with Crippen LogP contribution in [0.25, 0.3) is 0 Å². The van der Waals surface area contributed by atoms with Crippen LogP contribution in [-0.4, -0.2) is 67.2 Å². The van der Waals surface area contributed by atoms with Crippen LogP contribution in [0, 0.1) is 0 Å². The van der Waals surface area contributed by atoms with E-state index in [2.05, 4.69) is 20.1 Å². The van der Waals surface area contributed by atoms with E-state index in [0.29, 0.717) is 6.04 Å². The van der Waals surface area contributed by atoms with Gasteiger partial charge in [0.2, 0.25) is 5.91 Å². The highest BCUT2D eigenvalue weighted by atomic mass is 32.2. The van der Waals surface area contributed by atoms with Gasteiger partial charge < -0.3 is 10.2 Å². The van der Waals surface area contributed by atoms with Gasteiger partial charge in [-0.1, -0.05) is 12.8 Å². The first-order valence-electron chi connectivity index (χ1n) is 10.6. The Kier molecular flexibility index (Phi) is 6.53. The third kappa shape index (κ3) is 4.91. The molecule has 1 N–H and O–H groups in total. The molecule has 0 aromatic carbocycles. The summed E-state index contributed by atoms with van der Waals surface area (Å²) in [5.74, 6) is 0.128. The fraction of sp³-hybridized carbons (Fsp3) is 0.714. The number of aromatic nitrogens is 1. The Balaban J connectivity index is 1.55. The van der Waals surface area contributed by atoms with Crippen molar-refractivity contribution in [1.29, 1.82) is 0 Å². The molecule has 1 aliphatic carbocycles. The third-order valence-corrected chi connectivity index (χ3v) is 8.51. The van der Waals surface area contributed by atoms with E-state index < -0.39 is 14.6 Å². The minimum atomic E-state index is -3.45. The first-order chi connectivity index (χ1) is 13.6. The minimum absolute atomic E-state index is 0.115. The molecule has 1 aliphatic heterocycles. The van der Waals surface area contributed by atoms with E-state index >= 15 is 0 Å². The van der Waals surface area contributed by atoms with Crippen LogP contribution in [-0.2, 0) is 14.6 Å². The van der Waals surface area contributed by atoms with Crippen LogP contribution in [0.4, 0.5) is 5.69 Å². The largest absolute Gasteiger partial charge is 0.368 e.